The summed E-state index contributed by atoms with van der Waals surface area (Å²) < 4.78 is 40.7. The zero-order chi connectivity index (χ0) is 15.6. The van der Waals surface area contributed by atoms with Gasteiger partial charge < -0.3 is 0 Å². The molecule has 0 bridgehead atoms. The van der Waals surface area contributed by atoms with Crippen molar-refractivity contribution in [3.63, 3.8) is 0 Å². The van der Waals surface area contributed by atoms with Gasteiger partial charge in [-0.3, -0.25) is 16.2 Å². The van der Waals surface area contributed by atoms with Gasteiger partial charge in [0.05, 0.1) is 6.04 Å². The Balaban J connectivity index is 2.36. The molecule has 1 atom stereocenters. The standard InChI is InChI=1S/C15H22F3N3/c1-15(2,21-8-4-3-5-9-21)14(20-19)10-6-7-11(16)13(18)12(10)17/h6-7,14,20H,3-5,8-9,19H2,1-2H3. The third kappa shape index (κ3) is 3.07. The van der Waals surface area contributed by atoms with E-state index in [4.69, 9.17) is 5.84 Å². The Bertz CT molecular complexity index is 499. The average molecular weight is 301 g/mol. The van der Waals surface area contributed by atoms with Gasteiger partial charge in [-0.1, -0.05) is 12.5 Å². The third-order valence-corrected chi connectivity index (χ3v) is 4.42. The van der Waals surface area contributed by atoms with Crippen LogP contribution in [0.4, 0.5) is 13.2 Å². The van der Waals surface area contributed by atoms with Gasteiger partial charge in [0.25, 0.3) is 0 Å². The number of rotatable bonds is 4. The highest BCUT2D eigenvalue weighted by Crippen LogP contribution is 2.34. The van der Waals surface area contributed by atoms with Crippen LogP contribution in [-0.4, -0.2) is 23.5 Å². The summed E-state index contributed by atoms with van der Waals surface area (Å²) in [6, 6.07) is 1.56. The maximum Gasteiger partial charge on any atom is 0.194 e. The lowest BCUT2D eigenvalue weighted by Gasteiger charge is -2.45. The Morgan fingerprint density at radius 3 is 2.29 bits per heavy atom. The third-order valence-electron chi connectivity index (χ3n) is 4.42. The molecule has 1 aliphatic rings. The molecule has 1 unspecified atom stereocenters. The van der Waals surface area contributed by atoms with Gasteiger partial charge in [0.1, 0.15) is 0 Å². The minimum Gasteiger partial charge on any atom is -0.296 e. The van der Waals surface area contributed by atoms with Crippen LogP contribution in [-0.2, 0) is 0 Å². The van der Waals surface area contributed by atoms with Crippen molar-refractivity contribution < 1.29 is 13.2 Å². The molecule has 1 fully saturated rings. The van der Waals surface area contributed by atoms with Gasteiger partial charge in [0.15, 0.2) is 17.5 Å². The van der Waals surface area contributed by atoms with Crippen LogP contribution < -0.4 is 11.3 Å². The maximum atomic E-state index is 14.1. The minimum atomic E-state index is -1.46. The van der Waals surface area contributed by atoms with E-state index in [1.165, 1.54) is 12.5 Å². The summed E-state index contributed by atoms with van der Waals surface area (Å²) in [7, 11) is 0. The van der Waals surface area contributed by atoms with Gasteiger partial charge in [0, 0.05) is 11.1 Å². The number of hydrogen-bond acceptors (Lipinski definition) is 3. The van der Waals surface area contributed by atoms with Crippen LogP contribution in [0, 0.1) is 17.5 Å². The molecule has 1 aliphatic heterocycles. The summed E-state index contributed by atoms with van der Waals surface area (Å²) in [6.45, 7) is 5.64. The highest BCUT2D eigenvalue weighted by molar-refractivity contribution is 5.26. The van der Waals surface area contributed by atoms with E-state index in [1.54, 1.807) is 0 Å². The Kier molecular flexibility index (Phi) is 4.91. The second-order valence-electron chi connectivity index (χ2n) is 6.07. The smallest absolute Gasteiger partial charge is 0.194 e. The molecule has 1 aromatic rings. The molecule has 3 nitrogen and oxygen atoms in total. The molecule has 0 aromatic heterocycles. The first-order valence-electron chi connectivity index (χ1n) is 7.24. The van der Waals surface area contributed by atoms with Crippen molar-refractivity contribution in [2.75, 3.05) is 13.1 Å². The molecule has 3 N–H and O–H groups in total. The minimum absolute atomic E-state index is 0.0481. The summed E-state index contributed by atoms with van der Waals surface area (Å²) in [4.78, 5) is 2.21. The zero-order valence-electron chi connectivity index (χ0n) is 12.4. The van der Waals surface area contributed by atoms with Crippen molar-refractivity contribution in [1.29, 1.82) is 0 Å². The fraction of sp³-hybridized carbons (Fsp3) is 0.600. The van der Waals surface area contributed by atoms with E-state index in [0.29, 0.717) is 0 Å². The summed E-state index contributed by atoms with van der Waals surface area (Å²) in [5.41, 5.74) is 2.11. The number of nitrogens with zero attached hydrogens (tertiary/aromatic N) is 1. The Morgan fingerprint density at radius 1 is 1.10 bits per heavy atom. The van der Waals surface area contributed by atoms with E-state index >= 15 is 0 Å². The predicted octanol–water partition coefficient (Wildman–Crippen LogP) is 2.87. The number of likely N-dealkylation sites (tertiary alicyclic amines) is 1. The Hall–Kier alpha value is -1.11. The van der Waals surface area contributed by atoms with Crippen LogP contribution in [0.5, 0.6) is 0 Å². The normalized spacial score (nSPS) is 18.8. The quantitative estimate of drug-likeness (QED) is 0.510. The molecule has 1 aromatic carbocycles. The number of hydrazine groups is 1. The fourth-order valence-electron chi connectivity index (χ4n) is 3.09. The van der Waals surface area contributed by atoms with E-state index in [0.717, 1.165) is 32.0 Å². The average Bonchev–Trinajstić information content (AvgIpc) is 2.48. The predicted molar refractivity (Wildman–Crippen MR) is 75.9 cm³/mol. The molecule has 0 amide bonds. The topological polar surface area (TPSA) is 41.3 Å². The van der Waals surface area contributed by atoms with Crippen LogP contribution >= 0.6 is 0 Å². The molecular formula is C15H22F3N3. The summed E-state index contributed by atoms with van der Waals surface area (Å²) >= 11 is 0. The number of halogens is 3. The van der Waals surface area contributed by atoms with Crippen LogP contribution in [0.15, 0.2) is 12.1 Å². The molecule has 1 heterocycles. The van der Waals surface area contributed by atoms with Crippen molar-refractivity contribution in [3.8, 4) is 0 Å². The number of hydrogen-bond donors (Lipinski definition) is 2. The summed E-state index contributed by atoms with van der Waals surface area (Å²) in [5, 5.41) is 0. The maximum absolute atomic E-state index is 14.1. The van der Waals surface area contributed by atoms with Gasteiger partial charge in [-0.05, 0) is 45.8 Å². The van der Waals surface area contributed by atoms with E-state index in [1.807, 2.05) is 13.8 Å². The molecule has 118 valence electrons. The largest absolute Gasteiger partial charge is 0.296 e. The van der Waals surface area contributed by atoms with Crippen molar-refractivity contribution in [3.05, 3.63) is 35.1 Å². The first-order valence-corrected chi connectivity index (χ1v) is 7.24. The van der Waals surface area contributed by atoms with E-state index in [2.05, 4.69) is 10.3 Å². The Labute approximate surface area is 123 Å². The van der Waals surface area contributed by atoms with E-state index < -0.39 is 29.0 Å². The van der Waals surface area contributed by atoms with Gasteiger partial charge in [-0.2, -0.15) is 0 Å². The van der Waals surface area contributed by atoms with Gasteiger partial charge in [-0.25, -0.2) is 13.2 Å². The monoisotopic (exact) mass is 301 g/mol. The highest BCUT2D eigenvalue weighted by Gasteiger charge is 2.38. The van der Waals surface area contributed by atoms with Crippen molar-refractivity contribution >= 4 is 0 Å². The molecule has 0 saturated carbocycles. The number of nitrogens with two attached hydrogens (primary N) is 1. The molecular weight excluding hydrogens is 279 g/mol. The van der Waals surface area contributed by atoms with Crippen molar-refractivity contribution in [1.82, 2.24) is 10.3 Å². The van der Waals surface area contributed by atoms with Gasteiger partial charge >= 0.3 is 0 Å². The highest BCUT2D eigenvalue weighted by atomic mass is 19.2. The summed E-state index contributed by atoms with van der Waals surface area (Å²) in [6.07, 6.45) is 3.31. The van der Waals surface area contributed by atoms with Crippen LogP contribution in [0.3, 0.4) is 0 Å². The number of benzene rings is 1. The molecule has 0 aliphatic carbocycles. The van der Waals surface area contributed by atoms with Gasteiger partial charge in [0.2, 0.25) is 0 Å². The zero-order valence-corrected chi connectivity index (χ0v) is 12.4. The summed E-state index contributed by atoms with van der Waals surface area (Å²) in [5.74, 6) is 1.77. The van der Waals surface area contributed by atoms with Crippen molar-refractivity contribution in [2.45, 2.75) is 44.7 Å². The molecule has 0 radical (unpaired) electrons. The molecule has 6 heteroatoms. The first kappa shape index (κ1) is 16.3. The second kappa shape index (κ2) is 6.34. The van der Waals surface area contributed by atoms with E-state index in [9.17, 15) is 13.2 Å². The van der Waals surface area contributed by atoms with Gasteiger partial charge in [-0.15, -0.1) is 0 Å². The number of piperidine rings is 1. The van der Waals surface area contributed by atoms with E-state index in [-0.39, 0.29) is 5.56 Å². The van der Waals surface area contributed by atoms with Crippen molar-refractivity contribution in [2.24, 2.45) is 5.84 Å². The second-order valence-corrected chi connectivity index (χ2v) is 6.07. The Morgan fingerprint density at radius 2 is 1.71 bits per heavy atom. The fourth-order valence-corrected chi connectivity index (χ4v) is 3.09. The van der Waals surface area contributed by atoms with Crippen LogP contribution in [0.25, 0.3) is 0 Å². The SMILES string of the molecule is CC(C)(C(NN)c1ccc(F)c(F)c1F)N1CCCCC1. The van der Waals surface area contributed by atoms with Crippen LogP contribution in [0.2, 0.25) is 0 Å². The van der Waals surface area contributed by atoms with Crippen LogP contribution in [0.1, 0.15) is 44.7 Å². The lowest BCUT2D eigenvalue weighted by Crippen LogP contribution is -2.55. The molecule has 1 saturated heterocycles. The molecule has 21 heavy (non-hydrogen) atoms. The lowest BCUT2D eigenvalue weighted by molar-refractivity contribution is 0.0593. The number of nitrogens with one attached hydrogen (secondary N) is 1. The molecule has 2 rings (SSSR count). The lowest BCUT2D eigenvalue weighted by atomic mass is 9.85. The molecule has 0 spiro atoms. The first-order chi connectivity index (χ1) is 9.89.